The maximum Gasteiger partial charge on any atom is 0.0674 e. The lowest BCUT2D eigenvalue weighted by Crippen LogP contribution is -2.51. The van der Waals surface area contributed by atoms with Crippen molar-refractivity contribution < 1.29 is 9.84 Å². The monoisotopic (exact) mass is 241 g/mol. The summed E-state index contributed by atoms with van der Waals surface area (Å²) in [6, 6.07) is 0.556. The molecule has 0 radical (unpaired) electrons. The van der Waals surface area contributed by atoms with Crippen LogP contribution in [0.5, 0.6) is 0 Å². The minimum absolute atomic E-state index is 0.0700. The average molecular weight is 241 g/mol. The van der Waals surface area contributed by atoms with Crippen LogP contribution < -0.4 is 0 Å². The largest absolute Gasteiger partial charge is 0.393 e. The summed E-state index contributed by atoms with van der Waals surface area (Å²) in [6.07, 6.45) is 6.12. The average Bonchev–Trinajstić information content (AvgIpc) is 2.32. The molecule has 4 atom stereocenters. The molecule has 1 aliphatic carbocycles. The lowest BCUT2D eigenvalue weighted by Gasteiger charge is -2.41. The normalized spacial score (nSPS) is 40.4. The number of morpholine rings is 1. The first-order valence-electron chi connectivity index (χ1n) is 7.24. The van der Waals surface area contributed by atoms with Crippen LogP contribution in [0.15, 0.2) is 0 Å². The maximum atomic E-state index is 10.1. The summed E-state index contributed by atoms with van der Waals surface area (Å²) in [7, 11) is 0. The first-order chi connectivity index (χ1) is 8.20. The molecule has 0 aromatic carbocycles. The van der Waals surface area contributed by atoms with Crippen LogP contribution in [0.25, 0.3) is 0 Å². The molecule has 0 aromatic heterocycles. The van der Waals surface area contributed by atoms with Crippen molar-refractivity contribution in [3.05, 3.63) is 0 Å². The van der Waals surface area contributed by atoms with E-state index in [0.717, 1.165) is 32.5 Å². The van der Waals surface area contributed by atoms with Crippen molar-refractivity contribution in [3.63, 3.8) is 0 Å². The smallest absolute Gasteiger partial charge is 0.0674 e. The molecular weight excluding hydrogens is 214 g/mol. The van der Waals surface area contributed by atoms with Crippen LogP contribution >= 0.6 is 0 Å². The number of aliphatic hydroxyl groups excluding tert-OH is 1. The number of rotatable bonds is 3. The van der Waals surface area contributed by atoms with Crippen molar-refractivity contribution in [2.75, 3.05) is 19.7 Å². The Hall–Kier alpha value is -0.120. The summed E-state index contributed by atoms with van der Waals surface area (Å²) >= 11 is 0. The molecule has 1 saturated heterocycles. The van der Waals surface area contributed by atoms with Crippen molar-refractivity contribution in [2.45, 2.75) is 64.2 Å². The minimum atomic E-state index is -0.0700. The molecule has 0 aromatic rings. The Bertz CT molecular complexity index is 234. The molecule has 3 nitrogen and oxygen atoms in total. The lowest BCUT2D eigenvalue weighted by molar-refractivity contribution is -0.0708. The van der Waals surface area contributed by atoms with Crippen molar-refractivity contribution in [3.8, 4) is 0 Å². The highest BCUT2D eigenvalue weighted by atomic mass is 16.5. The van der Waals surface area contributed by atoms with E-state index in [1.165, 1.54) is 19.3 Å². The van der Waals surface area contributed by atoms with Gasteiger partial charge < -0.3 is 9.84 Å². The molecule has 1 heterocycles. The Morgan fingerprint density at radius 3 is 2.76 bits per heavy atom. The number of nitrogens with zero attached hydrogens (tertiary/aromatic N) is 1. The van der Waals surface area contributed by atoms with Crippen LogP contribution in [0, 0.1) is 5.92 Å². The second-order valence-corrected chi connectivity index (χ2v) is 5.77. The molecule has 100 valence electrons. The van der Waals surface area contributed by atoms with Crippen LogP contribution in [0.4, 0.5) is 0 Å². The summed E-state index contributed by atoms with van der Waals surface area (Å²) in [6.45, 7) is 7.33. The molecule has 1 saturated carbocycles. The van der Waals surface area contributed by atoms with Gasteiger partial charge >= 0.3 is 0 Å². The van der Waals surface area contributed by atoms with E-state index in [0.29, 0.717) is 18.1 Å². The number of aliphatic hydroxyl groups is 1. The van der Waals surface area contributed by atoms with Gasteiger partial charge in [-0.15, -0.1) is 0 Å². The summed E-state index contributed by atoms with van der Waals surface area (Å²) < 4.78 is 5.72. The predicted molar refractivity (Wildman–Crippen MR) is 69.0 cm³/mol. The number of hydrogen-bond acceptors (Lipinski definition) is 3. The van der Waals surface area contributed by atoms with E-state index in [4.69, 9.17) is 4.74 Å². The predicted octanol–water partition coefficient (Wildman–Crippen LogP) is 2.04. The number of ether oxygens (including phenoxy) is 1. The van der Waals surface area contributed by atoms with Gasteiger partial charge in [-0.3, -0.25) is 4.90 Å². The third kappa shape index (κ3) is 3.43. The van der Waals surface area contributed by atoms with Crippen LogP contribution in [0.2, 0.25) is 0 Å². The standard InChI is InChI=1S/C14H27NO2/c1-3-13-10-17-11(2)8-15(13)9-12-6-4-5-7-14(12)16/h11-14,16H,3-10H2,1-2H3. The molecule has 0 spiro atoms. The topological polar surface area (TPSA) is 32.7 Å². The van der Waals surface area contributed by atoms with Gasteiger partial charge in [-0.05, 0) is 32.1 Å². The van der Waals surface area contributed by atoms with Crippen molar-refractivity contribution in [1.82, 2.24) is 4.90 Å². The van der Waals surface area contributed by atoms with Gasteiger partial charge in [0, 0.05) is 19.1 Å². The first-order valence-corrected chi connectivity index (χ1v) is 7.24. The SMILES string of the molecule is CCC1COC(C)CN1CC1CCCCC1O. The summed E-state index contributed by atoms with van der Waals surface area (Å²) in [5.74, 6) is 0.489. The molecule has 1 N–H and O–H groups in total. The second-order valence-electron chi connectivity index (χ2n) is 5.77. The molecule has 4 unspecified atom stereocenters. The third-order valence-corrected chi connectivity index (χ3v) is 4.39. The minimum Gasteiger partial charge on any atom is -0.393 e. The number of hydrogen-bond donors (Lipinski definition) is 1. The Morgan fingerprint density at radius 2 is 2.06 bits per heavy atom. The van der Waals surface area contributed by atoms with E-state index in [2.05, 4.69) is 18.7 Å². The van der Waals surface area contributed by atoms with Crippen molar-refractivity contribution >= 4 is 0 Å². The fourth-order valence-corrected chi connectivity index (χ4v) is 3.21. The summed E-state index contributed by atoms with van der Waals surface area (Å²) in [5.41, 5.74) is 0. The first kappa shape index (κ1) is 13.3. The van der Waals surface area contributed by atoms with Crippen LogP contribution in [0.3, 0.4) is 0 Å². The molecule has 2 fully saturated rings. The second kappa shape index (κ2) is 6.17. The van der Waals surface area contributed by atoms with Crippen molar-refractivity contribution in [2.24, 2.45) is 5.92 Å². The molecule has 17 heavy (non-hydrogen) atoms. The van der Waals surface area contributed by atoms with Crippen LogP contribution in [0.1, 0.15) is 46.0 Å². The van der Waals surface area contributed by atoms with Gasteiger partial charge in [-0.1, -0.05) is 19.8 Å². The molecule has 2 aliphatic rings. The van der Waals surface area contributed by atoms with Crippen molar-refractivity contribution in [1.29, 1.82) is 0 Å². The summed E-state index contributed by atoms with van der Waals surface area (Å²) in [4.78, 5) is 2.55. The highest BCUT2D eigenvalue weighted by Crippen LogP contribution is 2.27. The molecule has 0 amide bonds. The van der Waals surface area contributed by atoms with Gasteiger partial charge in [0.1, 0.15) is 0 Å². The summed E-state index contributed by atoms with van der Waals surface area (Å²) in [5, 5.41) is 10.1. The zero-order valence-corrected chi connectivity index (χ0v) is 11.3. The molecule has 1 aliphatic heterocycles. The Labute approximate surface area is 105 Å². The molecule has 0 bridgehead atoms. The van der Waals surface area contributed by atoms with Gasteiger partial charge in [0.2, 0.25) is 0 Å². The highest BCUT2D eigenvalue weighted by Gasteiger charge is 2.31. The lowest BCUT2D eigenvalue weighted by atomic mass is 9.85. The van der Waals surface area contributed by atoms with Gasteiger partial charge in [0.05, 0.1) is 18.8 Å². The van der Waals surface area contributed by atoms with Gasteiger partial charge in [0.15, 0.2) is 0 Å². The van der Waals surface area contributed by atoms with E-state index in [1.807, 2.05) is 0 Å². The quantitative estimate of drug-likeness (QED) is 0.820. The van der Waals surface area contributed by atoms with Gasteiger partial charge in [-0.25, -0.2) is 0 Å². The van der Waals surface area contributed by atoms with Crippen LogP contribution in [-0.4, -0.2) is 48.0 Å². The van der Waals surface area contributed by atoms with Gasteiger partial charge in [0.25, 0.3) is 0 Å². The highest BCUT2D eigenvalue weighted by molar-refractivity contribution is 4.83. The van der Waals surface area contributed by atoms with E-state index in [9.17, 15) is 5.11 Å². The Morgan fingerprint density at radius 1 is 1.29 bits per heavy atom. The molecule has 3 heteroatoms. The fourth-order valence-electron chi connectivity index (χ4n) is 3.21. The fraction of sp³-hybridized carbons (Fsp3) is 1.00. The van der Waals surface area contributed by atoms with Crippen LogP contribution in [-0.2, 0) is 4.74 Å². The Balaban J connectivity index is 1.90. The zero-order chi connectivity index (χ0) is 12.3. The van der Waals surface area contributed by atoms with E-state index >= 15 is 0 Å². The maximum absolute atomic E-state index is 10.1. The van der Waals surface area contributed by atoms with E-state index in [1.54, 1.807) is 0 Å². The third-order valence-electron chi connectivity index (χ3n) is 4.39. The van der Waals surface area contributed by atoms with E-state index in [-0.39, 0.29) is 6.10 Å². The molecule has 2 rings (SSSR count). The Kier molecular flexibility index (Phi) is 4.83. The zero-order valence-electron chi connectivity index (χ0n) is 11.3. The van der Waals surface area contributed by atoms with Gasteiger partial charge in [-0.2, -0.15) is 0 Å². The molecular formula is C14H27NO2. The van der Waals surface area contributed by atoms with E-state index < -0.39 is 0 Å².